The number of benzene rings is 2. The molecule has 0 heterocycles. The van der Waals surface area contributed by atoms with Crippen LogP contribution in [0.4, 0.5) is 4.39 Å². The maximum Gasteiger partial charge on any atom is 0.230 e. The number of hydrogen-bond donors (Lipinski definition) is 1. The first-order valence-corrected chi connectivity index (χ1v) is 7.71. The van der Waals surface area contributed by atoms with Gasteiger partial charge in [-0.05, 0) is 43.4 Å². The van der Waals surface area contributed by atoms with E-state index in [4.69, 9.17) is 0 Å². The molecular formula is C19H20FNO. The maximum atomic E-state index is 13.6. The molecule has 1 fully saturated rings. The molecule has 1 saturated carbocycles. The van der Waals surface area contributed by atoms with Crippen molar-refractivity contribution in [1.29, 1.82) is 0 Å². The Hall–Kier alpha value is -2.16. The molecule has 0 bridgehead atoms. The molecule has 3 rings (SSSR count). The van der Waals surface area contributed by atoms with E-state index in [2.05, 4.69) is 5.32 Å². The zero-order valence-corrected chi connectivity index (χ0v) is 12.7. The van der Waals surface area contributed by atoms with Crippen molar-refractivity contribution >= 4 is 5.91 Å². The van der Waals surface area contributed by atoms with Crippen molar-refractivity contribution in [2.45, 2.75) is 31.6 Å². The van der Waals surface area contributed by atoms with Gasteiger partial charge in [-0.3, -0.25) is 4.79 Å². The predicted octanol–water partition coefficient (Wildman–Crippen LogP) is 3.52. The van der Waals surface area contributed by atoms with Crippen LogP contribution in [0.3, 0.4) is 0 Å². The predicted molar refractivity (Wildman–Crippen MR) is 85.2 cm³/mol. The molecule has 114 valence electrons. The Morgan fingerprint density at radius 3 is 2.45 bits per heavy atom. The summed E-state index contributed by atoms with van der Waals surface area (Å²) in [6, 6.07) is 14.9. The molecule has 1 N–H and O–H groups in total. The van der Waals surface area contributed by atoms with E-state index in [0.717, 1.165) is 18.4 Å². The van der Waals surface area contributed by atoms with Crippen molar-refractivity contribution in [2.75, 3.05) is 6.54 Å². The third-order valence-electron chi connectivity index (χ3n) is 4.43. The second-order valence-electron chi connectivity index (χ2n) is 6.05. The lowest BCUT2D eigenvalue weighted by molar-refractivity contribution is -0.123. The summed E-state index contributed by atoms with van der Waals surface area (Å²) >= 11 is 0. The zero-order chi connectivity index (χ0) is 15.6. The number of hydrogen-bond acceptors (Lipinski definition) is 1. The molecule has 3 heteroatoms. The third kappa shape index (κ3) is 2.89. The molecule has 1 aliphatic carbocycles. The smallest absolute Gasteiger partial charge is 0.230 e. The largest absolute Gasteiger partial charge is 0.355 e. The highest BCUT2D eigenvalue weighted by Crippen LogP contribution is 2.48. The highest BCUT2D eigenvalue weighted by molar-refractivity contribution is 5.91. The number of halogens is 1. The molecule has 2 aromatic rings. The number of rotatable bonds is 5. The standard InChI is InChI=1S/C19H20FNO/c1-14-6-8-16(9-7-14)19(11-12-19)18(22)21-13-10-15-4-2-3-5-17(15)20/h2-9H,10-13H2,1H3,(H,21,22). The van der Waals surface area contributed by atoms with Gasteiger partial charge < -0.3 is 5.32 Å². The van der Waals surface area contributed by atoms with Gasteiger partial charge in [-0.2, -0.15) is 0 Å². The average molecular weight is 297 g/mol. The second-order valence-corrected chi connectivity index (χ2v) is 6.05. The topological polar surface area (TPSA) is 29.1 Å². The van der Waals surface area contributed by atoms with Crippen LogP contribution in [-0.4, -0.2) is 12.5 Å². The minimum absolute atomic E-state index is 0.0627. The van der Waals surface area contributed by atoms with E-state index in [1.165, 1.54) is 11.6 Å². The Morgan fingerprint density at radius 1 is 1.14 bits per heavy atom. The van der Waals surface area contributed by atoms with Gasteiger partial charge in [0.15, 0.2) is 0 Å². The Bertz CT molecular complexity index is 674. The summed E-state index contributed by atoms with van der Waals surface area (Å²) < 4.78 is 13.6. The minimum atomic E-state index is -0.358. The molecule has 2 nitrogen and oxygen atoms in total. The van der Waals surface area contributed by atoms with Crippen molar-refractivity contribution < 1.29 is 9.18 Å². The number of amides is 1. The van der Waals surface area contributed by atoms with Gasteiger partial charge in [0.05, 0.1) is 5.41 Å². The van der Waals surface area contributed by atoms with E-state index >= 15 is 0 Å². The first kappa shape index (κ1) is 14.8. The van der Waals surface area contributed by atoms with Crippen LogP contribution >= 0.6 is 0 Å². The van der Waals surface area contributed by atoms with Gasteiger partial charge in [0.25, 0.3) is 0 Å². The number of carbonyl (C=O) groups excluding carboxylic acids is 1. The van der Waals surface area contributed by atoms with Gasteiger partial charge in [0, 0.05) is 6.54 Å². The Balaban J connectivity index is 1.60. The van der Waals surface area contributed by atoms with Crippen LogP contribution in [0, 0.1) is 12.7 Å². The quantitative estimate of drug-likeness (QED) is 0.899. The SMILES string of the molecule is Cc1ccc(C2(C(=O)NCCc3ccccc3F)CC2)cc1. The molecule has 22 heavy (non-hydrogen) atoms. The summed E-state index contributed by atoms with van der Waals surface area (Å²) in [6.45, 7) is 2.51. The number of carbonyl (C=O) groups is 1. The Kier molecular flexibility index (Phi) is 3.97. The highest BCUT2D eigenvalue weighted by atomic mass is 19.1. The molecule has 2 aromatic carbocycles. The fourth-order valence-electron chi connectivity index (χ4n) is 2.83. The van der Waals surface area contributed by atoms with E-state index in [-0.39, 0.29) is 17.1 Å². The van der Waals surface area contributed by atoms with Crippen molar-refractivity contribution in [2.24, 2.45) is 0 Å². The zero-order valence-electron chi connectivity index (χ0n) is 12.7. The monoisotopic (exact) mass is 297 g/mol. The first-order chi connectivity index (χ1) is 10.6. The summed E-state index contributed by atoms with van der Waals surface area (Å²) in [6.07, 6.45) is 2.30. The van der Waals surface area contributed by atoms with Crippen LogP contribution < -0.4 is 5.32 Å². The summed E-state index contributed by atoms with van der Waals surface area (Å²) in [4.78, 5) is 12.5. The van der Waals surface area contributed by atoms with Crippen molar-refractivity contribution in [3.8, 4) is 0 Å². The fraction of sp³-hybridized carbons (Fsp3) is 0.316. The van der Waals surface area contributed by atoms with Crippen LogP contribution in [0.25, 0.3) is 0 Å². The fourth-order valence-corrected chi connectivity index (χ4v) is 2.83. The van der Waals surface area contributed by atoms with Crippen LogP contribution in [0.1, 0.15) is 29.5 Å². The molecule has 0 spiro atoms. The van der Waals surface area contributed by atoms with E-state index in [9.17, 15) is 9.18 Å². The van der Waals surface area contributed by atoms with Gasteiger partial charge in [-0.25, -0.2) is 4.39 Å². The van der Waals surface area contributed by atoms with E-state index in [1.807, 2.05) is 37.3 Å². The molecule has 0 atom stereocenters. The van der Waals surface area contributed by atoms with Gasteiger partial charge >= 0.3 is 0 Å². The average Bonchev–Trinajstić information content (AvgIpc) is 3.31. The van der Waals surface area contributed by atoms with Gasteiger partial charge in [-0.15, -0.1) is 0 Å². The van der Waals surface area contributed by atoms with Crippen LogP contribution in [0.15, 0.2) is 48.5 Å². The van der Waals surface area contributed by atoms with E-state index in [0.29, 0.717) is 18.5 Å². The Morgan fingerprint density at radius 2 is 1.82 bits per heavy atom. The molecule has 0 radical (unpaired) electrons. The Labute approximate surface area is 130 Å². The third-order valence-corrected chi connectivity index (χ3v) is 4.43. The molecule has 0 aromatic heterocycles. The highest BCUT2D eigenvalue weighted by Gasteiger charge is 2.50. The van der Waals surface area contributed by atoms with Crippen molar-refractivity contribution in [3.05, 3.63) is 71.0 Å². The molecule has 1 amide bonds. The van der Waals surface area contributed by atoms with E-state index < -0.39 is 0 Å². The van der Waals surface area contributed by atoms with Crippen LogP contribution in [0.5, 0.6) is 0 Å². The molecule has 0 unspecified atom stereocenters. The number of nitrogens with one attached hydrogen (secondary N) is 1. The minimum Gasteiger partial charge on any atom is -0.355 e. The lowest BCUT2D eigenvalue weighted by Crippen LogP contribution is -2.36. The van der Waals surface area contributed by atoms with Crippen molar-refractivity contribution in [1.82, 2.24) is 5.32 Å². The summed E-state index contributed by atoms with van der Waals surface area (Å²) in [5.41, 5.74) is 2.56. The lowest BCUT2D eigenvalue weighted by atomic mass is 9.94. The van der Waals surface area contributed by atoms with Crippen LogP contribution in [0.2, 0.25) is 0 Å². The molecule has 0 saturated heterocycles. The molecule has 0 aliphatic heterocycles. The maximum absolute atomic E-state index is 13.6. The lowest BCUT2D eigenvalue weighted by Gasteiger charge is -2.16. The van der Waals surface area contributed by atoms with Gasteiger partial charge in [-0.1, -0.05) is 48.0 Å². The summed E-state index contributed by atoms with van der Waals surface area (Å²) in [5.74, 6) is -0.149. The van der Waals surface area contributed by atoms with Gasteiger partial charge in [0.2, 0.25) is 5.91 Å². The summed E-state index contributed by atoms with van der Waals surface area (Å²) in [5, 5.41) is 2.97. The van der Waals surface area contributed by atoms with E-state index in [1.54, 1.807) is 12.1 Å². The first-order valence-electron chi connectivity index (χ1n) is 7.71. The van der Waals surface area contributed by atoms with Gasteiger partial charge in [0.1, 0.15) is 5.82 Å². The van der Waals surface area contributed by atoms with Crippen LogP contribution in [-0.2, 0) is 16.6 Å². The van der Waals surface area contributed by atoms with Crippen molar-refractivity contribution in [3.63, 3.8) is 0 Å². The normalized spacial score (nSPS) is 15.4. The molecule has 1 aliphatic rings. The summed E-state index contributed by atoms with van der Waals surface area (Å²) in [7, 11) is 0. The molecular weight excluding hydrogens is 277 g/mol. The number of aryl methyl sites for hydroxylation is 1. The second kappa shape index (κ2) is 5.91.